The van der Waals surface area contributed by atoms with Crippen LogP contribution < -0.4 is 42.3 Å². The zero-order chi connectivity index (χ0) is 108. The molecule has 149 heavy (non-hydrogen) atoms. The number of aryl methyl sites for hydroxylation is 23. The Labute approximate surface area is 902 Å². The highest BCUT2D eigenvalue weighted by atomic mass is 79.9. The van der Waals surface area contributed by atoms with Crippen molar-refractivity contribution in [1.82, 2.24) is 0 Å². The van der Waals surface area contributed by atoms with Gasteiger partial charge in [-0.1, -0.05) is 200 Å². The van der Waals surface area contributed by atoms with E-state index in [4.69, 9.17) is 41.0 Å². The fourth-order valence-electron chi connectivity index (χ4n) is 17.3. The third-order valence-corrected chi connectivity index (χ3v) is 29.5. The molecule has 0 bridgehead atoms. The van der Waals surface area contributed by atoms with Gasteiger partial charge in [0.05, 0.1) is 6.61 Å². The highest BCUT2D eigenvalue weighted by Gasteiger charge is 2.28. The van der Waals surface area contributed by atoms with Crippen molar-refractivity contribution < 1.29 is 65.6 Å². The molecule has 5 heterocycles. The number of halogens is 1. The lowest BCUT2D eigenvalue weighted by Crippen LogP contribution is -2.15. The summed E-state index contributed by atoms with van der Waals surface area (Å²) in [5.41, 5.74) is 22.3. The van der Waals surface area contributed by atoms with Gasteiger partial charge in [-0.15, -0.1) is 58.8 Å². The second-order valence-electron chi connectivity index (χ2n) is 36.8. The Morgan fingerprint density at radius 1 is 0.302 bits per heavy atom. The second-order valence-corrected chi connectivity index (χ2v) is 43.5. The van der Waals surface area contributed by atoms with E-state index in [1.807, 2.05) is 177 Å². The first kappa shape index (κ1) is 116. The van der Waals surface area contributed by atoms with Crippen LogP contribution in [0.5, 0.6) is 28.7 Å². The van der Waals surface area contributed by atoms with Crippen molar-refractivity contribution in [1.29, 1.82) is 0 Å². The number of aromatic hydroxyl groups is 2. The van der Waals surface area contributed by atoms with E-state index in [0.29, 0.717) is 88.9 Å². The van der Waals surface area contributed by atoms with Crippen molar-refractivity contribution >= 4 is 98.9 Å². The molecule has 15 aromatic rings. The molecule has 5 aromatic heterocycles. The average Bonchev–Trinajstić information content (AvgIpc) is 0.796. The number of hydrogen-bond donors (Lipinski definition) is 2. The predicted molar refractivity (Wildman–Crippen MR) is 612 cm³/mol. The van der Waals surface area contributed by atoms with Gasteiger partial charge >= 0.3 is 46.2 Å². The second kappa shape index (κ2) is 55.3. The van der Waals surface area contributed by atoms with E-state index in [2.05, 4.69) is 165 Å². The van der Waals surface area contributed by atoms with Crippen LogP contribution in [-0.2, 0) is 46.4 Å². The van der Waals surface area contributed by atoms with E-state index in [0.717, 1.165) is 137 Å². The summed E-state index contributed by atoms with van der Waals surface area (Å²) in [4.78, 5) is 106. The number of rotatable bonds is 31. The summed E-state index contributed by atoms with van der Waals surface area (Å²) in [6, 6.07) is 69.5. The van der Waals surface area contributed by atoms with Gasteiger partial charge in [-0.3, -0.25) is 9.59 Å². The molecule has 25 heteroatoms. The fourth-order valence-corrected chi connectivity index (χ4v) is 22.5. The van der Waals surface area contributed by atoms with Gasteiger partial charge in [0.15, 0.2) is 5.75 Å². The molecule has 0 aliphatic carbocycles. The molecule has 0 spiro atoms. The zero-order valence-electron chi connectivity index (χ0n) is 88.6. The SMILES string of the molecule is C/C=C/c1cc(C)cc(C)c1-c1c(O)cc(CCSc2ccc(C)cc2)oc1=O.CC(=O)Oc1cc(CCSc2ccc(C)cc2)oc(=O)c1-c1c(C)cc(C)cc1C.CCC(=O)Oc1cc(CCSc2ccc(C)cc2)oc(=O)c1-c1c(C)cc(C)cc1C.CCOC(=O)Oc1cc(CCSc2ccc(C)cc2)oc(=O)c1-c1c(C)cc(C)cc1C.Cc1ccc(SCCc2cc(O)c(-c3c(C)cc(C)cc3Br)c(=O)o2)cc1. The van der Waals surface area contributed by atoms with Crippen molar-refractivity contribution in [3.05, 3.63) is 409 Å². The summed E-state index contributed by atoms with van der Waals surface area (Å²) >= 11 is 11.9. The van der Waals surface area contributed by atoms with E-state index in [9.17, 15) is 48.6 Å². The molecule has 0 unspecified atom stereocenters. The molecule has 0 saturated carbocycles. The lowest BCUT2D eigenvalue weighted by atomic mass is 9.93. The van der Waals surface area contributed by atoms with Gasteiger partial charge in [0.2, 0.25) is 0 Å². The summed E-state index contributed by atoms with van der Waals surface area (Å²) in [6.45, 7) is 42.7. The van der Waals surface area contributed by atoms with E-state index in [-0.39, 0.29) is 64.4 Å². The average molecular weight is 2160 g/mol. The van der Waals surface area contributed by atoms with Gasteiger partial charge < -0.3 is 51.2 Å². The van der Waals surface area contributed by atoms with E-state index >= 15 is 0 Å². The molecule has 0 fully saturated rings. The monoisotopic (exact) mass is 2160 g/mol. The van der Waals surface area contributed by atoms with Crippen LogP contribution in [0, 0.1) is 125 Å². The number of thioether (sulfide) groups is 5. The molecule has 0 radical (unpaired) electrons. The number of ether oxygens (including phenoxy) is 4. The summed E-state index contributed by atoms with van der Waals surface area (Å²) in [5, 5.41) is 21.2. The highest BCUT2D eigenvalue weighted by Crippen LogP contribution is 2.42. The summed E-state index contributed by atoms with van der Waals surface area (Å²) < 4.78 is 50.2. The molecule has 0 aliphatic rings. The third kappa shape index (κ3) is 33.4. The van der Waals surface area contributed by atoms with Crippen LogP contribution >= 0.6 is 74.7 Å². The van der Waals surface area contributed by atoms with Gasteiger partial charge in [0, 0.05) is 145 Å². The summed E-state index contributed by atoms with van der Waals surface area (Å²) in [5.74, 6) is 5.93. The summed E-state index contributed by atoms with van der Waals surface area (Å²) in [7, 11) is 0. The standard InChI is InChI=1S/C26H28O5S.C26H28O4S.C25H26O4S.C25H26O3S.C22H21BrO3S/c1-6-29-26(28)31-22-15-20(11-12-32-21-9-7-16(2)8-10-21)30-25(27)24(22)23-18(4)13-17(3)14-19(23)5;1-6-23(27)30-22-15-20(11-12-31-21-9-7-16(2)8-10-21)29-26(28)25(22)24-18(4)13-17(3)14-19(24)5;1-15-6-8-21(9-7-15)30-11-10-20-14-22(28-19(5)26)24(25(27)29-20)23-17(3)12-16(2)13-18(23)4;1-5-6-19-14-17(3)13-18(4)23(19)24-22(26)15-20(28-25(24)27)11-12-29-21-9-7-16(2)8-10-21;1-13-4-6-17(7-5-13)27-9-8-16-12-19(24)21(22(25)26-16)20-15(3)10-14(2)11-18(20)23/h7-10,13-15H,6,11-12H2,1-5H3;7-10,13-15H,6,11-12H2,1-5H3;6-9,12-14H,10-11H2,1-5H3;5-10,13-15,26H,11-12H2,1-4H3;4-7,10-12,24H,8-9H2,1-3H3/b;;;6-5+;. The normalized spacial score (nSPS) is 10.9. The topological polar surface area (TPSA) is 280 Å². The van der Waals surface area contributed by atoms with Crippen LogP contribution in [0.15, 0.2) is 293 Å². The Balaban J connectivity index is 0.000000177. The van der Waals surface area contributed by atoms with Gasteiger partial charge in [-0.05, 0) is 278 Å². The number of carbonyl (C=O) groups is 3. The number of allylic oxidation sites excluding steroid dienone is 1. The largest absolute Gasteiger partial charge is 0.513 e. The van der Waals surface area contributed by atoms with Crippen molar-refractivity contribution in [3.8, 4) is 84.4 Å². The minimum Gasteiger partial charge on any atom is -0.507 e. The maximum atomic E-state index is 13.1. The lowest BCUT2D eigenvalue weighted by Gasteiger charge is -2.15. The van der Waals surface area contributed by atoms with Gasteiger partial charge in [0.25, 0.3) is 0 Å². The molecule has 2 N–H and O–H groups in total. The zero-order valence-corrected chi connectivity index (χ0v) is 94.3. The minimum absolute atomic E-state index is 0.0331. The fraction of sp³-hybridized carbons (Fsp3) is 0.274. The number of benzene rings is 10. The van der Waals surface area contributed by atoms with Crippen LogP contribution in [0.1, 0.15) is 169 Å². The smallest absolute Gasteiger partial charge is 0.507 e. The molecule has 776 valence electrons. The Morgan fingerprint density at radius 3 is 0.819 bits per heavy atom. The van der Waals surface area contributed by atoms with E-state index in [1.165, 1.54) is 44.5 Å². The number of carbonyl (C=O) groups excluding carboxylic acids is 3. The first-order valence-corrected chi connectivity index (χ1v) is 55.0. The molecular weight excluding hydrogens is 2030 g/mol. The third-order valence-electron chi connectivity index (χ3n) is 23.8. The van der Waals surface area contributed by atoms with Gasteiger partial charge in [-0.2, -0.15) is 0 Å². The molecule has 10 aromatic carbocycles. The minimum atomic E-state index is -0.846. The first-order valence-electron chi connectivity index (χ1n) is 49.2. The molecule has 0 aliphatic heterocycles. The van der Waals surface area contributed by atoms with Gasteiger partial charge in [0.1, 0.15) is 79.6 Å². The molecule has 0 saturated heterocycles. The van der Waals surface area contributed by atoms with Crippen molar-refractivity contribution in [3.63, 3.8) is 0 Å². The summed E-state index contributed by atoms with van der Waals surface area (Å²) in [6.07, 6.45) is 5.99. The molecular formula is C124H129BrO19S5. The number of esters is 2. The van der Waals surface area contributed by atoms with Crippen LogP contribution in [-0.4, -0.2) is 63.7 Å². The Kier molecular flexibility index (Phi) is 43.1. The van der Waals surface area contributed by atoms with Crippen LogP contribution in [0.25, 0.3) is 61.7 Å². The molecule has 19 nitrogen and oxygen atoms in total. The molecule has 0 atom stereocenters. The molecule has 0 amide bonds. The van der Waals surface area contributed by atoms with E-state index < -0.39 is 40.3 Å². The first-order chi connectivity index (χ1) is 71.0. The Hall–Kier alpha value is -13.3. The quantitative estimate of drug-likeness (QED) is 0.0302. The lowest BCUT2D eigenvalue weighted by molar-refractivity contribution is -0.134. The number of hydrogen-bond acceptors (Lipinski definition) is 24. The van der Waals surface area contributed by atoms with Crippen molar-refractivity contribution in [2.75, 3.05) is 35.4 Å². The van der Waals surface area contributed by atoms with Crippen LogP contribution in [0.3, 0.4) is 0 Å². The van der Waals surface area contributed by atoms with E-state index in [1.54, 1.807) is 103 Å². The maximum Gasteiger partial charge on any atom is 0.513 e. The molecule has 15 rings (SSSR count). The predicted octanol–water partition coefficient (Wildman–Crippen LogP) is 30.7. The maximum absolute atomic E-state index is 13.1. The van der Waals surface area contributed by atoms with Crippen molar-refractivity contribution in [2.24, 2.45) is 0 Å². The Bertz CT molecular complexity index is 7550. The highest BCUT2D eigenvalue weighted by molar-refractivity contribution is 9.10. The van der Waals surface area contributed by atoms with Gasteiger partial charge in [-0.25, -0.2) is 28.8 Å². The van der Waals surface area contributed by atoms with Crippen molar-refractivity contribution in [2.45, 2.75) is 215 Å². The van der Waals surface area contributed by atoms with Crippen LogP contribution in [0.2, 0.25) is 0 Å². The van der Waals surface area contributed by atoms with Crippen LogP contribution in [0.4, 0.5) is 4.79 Å². The Morgan fingerprint density at radius 2 is 0.550 bits per heavy atom.